The first-order valence-corrected chi connectivity index (χ1v) is 7.67. The van der Waals surface area contributed by atoms with Crippen LogP contribution in [0.3, 0.4) is 0 Å². The van der Waals surface area contributed by atoms with Gasteiger partial charge < -0.3 is 10.6 Å². The standard InChI is InChI=1S/C12H24N2OS/c1-3-6-12(7-4-9-14-12)11(15)13-8-5-10-16-2/h14H,3-10H2,1-2H3,(H,13,15). The van der Waals surface area contributed by atoms with Crippen LogP contribution < -0.4 is 10.6 Å². The zero-order valence-corrected chi connectivity index (χ0v) is 11.3. The Morgan fingerprint density at radius 2 is 2.38 bits per heavy atom. The zero-order chi connectivity index (χ0) is 11.9. The predicted molar refractivity (Wildman–Crippen MR) is 70.9 cm³/mol. The van der Waals surface area contributed by atoms with E-state index in [4.69, 9.17) is 0 Å². The highest BCUT2D eigenvalue weighted by molar-refractivity contribution is 7.98. The molecule has 0 aromatic heterocycles. The number of nitrogens with one attached hydrogen (secondary N) is 2. The second-order valence-electron chi connectivity index (χ2n) is 4.46. The van der Waals surface area contributed by atoms with Crippen molar-refractivity contribution in [1.82, 2.24) is 10.6 Å². The maximum absolute atomic E-state index is 12.1. The van der Waals surface area contributed by atoms with Crippen molar-refractivity contribution in [2.45, 2.75) is 44.6 Å². The van der Waals surface area contributed by atoms with Gasteiger partial charge >= 0.3 is 0 Å². The molecular weight excluding hydrogens is 220 g/mol. The number of rotatable bonds is 7. The minimum atomic E-state index is -0.256. The molecule has 1 aliphatic rings. The van der Waals surface area contributed by atoms with Crippen LogP contribution in [0.25, 0.3) is 0 Å². The Balaban J connectivity index is 2.36. The zero-order valence-electron chi connectivity index (χ0n) is 10.5. The summed E-state index contributed by atoms with van der Waals surface area (Å²) in [4.78, 5) is 12.1. The average molecular weight is 244 g/mol. The lowest BCUT2D eigenvalue weighted by atomic mass is 9.91. The van der Waals surface area contributed by atoms with Crippen molar-refractivity contribution < 1.29 is 4.79 Å². The molecule has 0 aromatic rings. The van der Waals surface area contributed by atoms with Crippen LogP contribution in [-0.4, -0.2) is 36.5 Å². The lowest BCUT2D eigenvalue weighted by Gasteiger charge is -2.27. The molecule has 16 heavy (non-hydrogen) atoms. The number of carbonyl (C=O) groups is 1. The first-order chi connectivity index (χ1) is 7.75. The van der Waals surface area contributed by atoms with Gasteiger partial charge in [-0.25, -0.2) is 0 Å². The van der Waals surface area contributed by atoms with Crippen molar-refractivity contribution >= 4 is 17.7 Å². The molecular formula is C12H24N2OS. The van der Waals surface area contributed by atoms with Crippen LogP contribution in [0, 0.1) is 0 Å². The monoisotopic (exact) mass is 244 g/mol. The van der Waals surface area contributed by atoms with Crippen molar-refractivity contribution in [3.05, 3.63) is 0 Å². The number of thioether (sulfide) groups is 1. The second-order valence-corrected chi connectivity index (χ2v) is 5.45. The molecule has 4 heteroatoms. The highest BCUT2D eigenvalue weighted by Crippen LogP contribution is 2.24. The molecule has 1 unspecified atom stereocenters. The van der Waals surface area contributed by atoms with E-state index in [0.717, 1.165) is 50.9 Å². The molecule has 1 saturated heterocycles. The molecule has 1 atom stereocenters. The second kappa shape index (κ2) is 7.17. The molecule has 0 aromatic carbocycles. The maximum Gasteiger partial charge on any atom is 0.240 e. The minimum absolute atomic E-state index is 0.216. The van der Waals surface area contributed by atoms with Gasteiger partial charge in [0, 0.05) is 6.54 Å². The topological polar surface area (TPSA) is 41.1 Å². The molecule has 1 fully saturated rings. The number of amides is 1. The van der Waals surface area contributed by atoms with Gasteiger partial charge in [0.15, 0.2) is 0 Å². The third-order valence-electron chi connectivity index (χ3n) is 3.17. The summed E-state index contributed by atoms with van der Waals surface area (Å²) >= 11 is 1.83. The lowest BCUT2D eigenvalue weighted by Crippen LogP contribution is -2.53. The third kappa shape index (κ3) is 3.67. The van der Waals surface area contributed by atoms with E-state index in [2.05, 4.69) is 23.8 Å². The van der Waals surface area contributed by atoms with Gasteiger partial charge in [-0.2, -0.15) is 11.8 Å². The predicted octanol–water partition coefficient (Wildman–Crippen LogP) is 1.78. The largest absolute Gasteiger partial charge is 0.354 e. The fourth-order valence-corrected chi connectivity index (χ4v) is 2.77. The molecule has 0 aliphatic carbocycles. The normalized spacial score (nSPS) is 24.6. The molecule has 0 radical (unpaired) electrons. The summed E-state index contributed by atoms with van der Waals surface area (Å²) in [7, 11) is 0. The summed E-state index contributed by atoms with van der Waals surface area (Å²) < 4.78 is 0. The molecule has 1 aliphatic heterocycles. The van der Waals surface area contributed by atoms with Crippen LogP contribution in [0.4, 0.5) is 0 Å². The number of hydrogen-bond acceptors (Lipinski definition) is 3. The minimum Gasteiger partial charge on any atom is -0.354 e. The van der Waals surface area contributed by atoms with Gasteiger partial charge in [0.05, 0.1) is 5.54 Å². The van der Waals surface area contributed by atoms with Gasteiger partial charge in [0.2, 0.25) is 5.91 Å². The van der Waals surface area contributed by atoms with Gasteiger partial charge in [0.25, 0.3) is 0 Å². The molecule has 0 saturated carbocycles. The Labute approximate surface area is 103 Å². The molecule has 1 heterocycles. The average Bonchev–Trinajstić information content (AvgIpc) is 2.74. The lowest BCUT2D eigenvalue weighted by molar-refractivity contribution is -0.127. The Hall–Kier alpha value is -0.220. The summed E-state index contributed by atoms with van der Waals surface area (Å²) in [5, 5.41) is 6.46. The van der Waals surface area contributed by atoms with Gasteiger partial charge in [-0.05, 0) is 44.2 Å². The first-order valence-electron chi connectivity index (χ1n) is 6.27. The summed E-state index contributed by atoms with van der Waals surface area (Å²) in [5.74, 6) is 1.34. The summed E-state index contributed by atoms with van der Waals surface area (Å²) in [6.07, 6.45) is 7.30. The van der Waals surface area contributed by atoms with E-state index in [1.54, 1.807) is 0 Å². The number of carbonyl (C=O) groups excluding carboxylic acids is 1. The Morgan fingerprint density at radius 1 is 1.56 bits per heavy atom. The van der Waals surface area contributed by atoms with Crippen LogP contribution in [0.1, 0.15) is 39.0 Å². The summed E-state index contributed by atoms with van der Waals surface area (Å²) in [5.41, 5.74) is -0.256. The van der Waals surface area contributed by atoms with E-state index in [1.165, 1.54) is 0 Å². The van der Waals surface area contributed by atoms with Crippen LogP contribution in [0.15, 0.2) is 0 Å². The molecule has 1 amide bonds. The fraction of sp³-hybridized carbons (Fsp3) is 0.917. The fourth-order valence-electron chi connectivity index (χ4n) is 2.34. The van der Waals surface area contributed by atoms with Crippen LogP contribution >= 0.6 is 11.8 Å². The third-order valence-corrected chi connectivity index (χ3v) is 3.86. The molecule has 1 rings (SSSR count). The Kier molecular flexibility index (Phi) is 6.21. The van der Waals surface area contributed by atoms with Crippen molar-refractivity contribution in [2.24, 2.45) is 0 Å². The van der Waals surface area contributed by atoms with Crippen molar-refractivity contribution in [3.8, 4) is 0 Å². The SMILES string of the molecule is CCCC1(C(=O)NCCCSC)CCCN1. The highest BCUT2D eigenvalue weighted by atomic mass is 32.2. The summed E-state index contributed by atoms with van der Waals surface area (Å²) in [6.45, 7) is 3.94. The van der Waals surface area contributed by atoms with Crippen molar-refractivity contribution in [2.75, 3.05) is 25.1 Å². The smallest absolute Gasteiger partial charge is 0.240 e. The van der Waals surface area contributed by atoms with Gasteiger partial charge in [-0.15, -0.1) is 0 Å². The quantitative estimate of drug-likeness (QED) is 0.671. The molecule has 2 N–H and O–H groups in total. The highest BCUT2D eigenvalue weighted by Gasteiger charge is 2.39. The molecule has 0 bridgehead atoms. The first kappa shape index (κ1) is 13.8. The summed E-state index contributed by atoms with van der Waals surface area (Å²) in [6, 6.07) is 0. The van der Waals surface area contributed by atoms with Crippen LogP contribution in [-0.2, 0) is 4.79 Å². The van der Waals surface area contributed by atoms with E-state index in [1.807, 2.05) is 11.8 Å². The van der Waals surface area contributed by atoms with Crippen molar-refractivity contribution in [3.63, 3.8) is 0 Å². The molecule has 94 valence electrons. The van der Waals surface area contributed by atoms with Gasteiger partial charge in [0.1, 0.15) is 0 Å². The molecule has 0 spiro atoms. The van der Waals surface area contributed by atoms with Crippen molar-refractivity contribution in [1.29, 1.82) is 0 Å². The molecule has 3 nitrogen and oxygen atoms in total. The van der Waals surface area contributed by atoms with E-state index < -0.39 is 0 Å². The maximum atomic E-state index is 12.1. The van der Waals surface area contributed by atoms with E-state index in [9.17, 15) is 4.79 Å². The van der Waals surface area contributed by atoms with E-state index >= 15 is 0 Å². The number of hydrogen-bond donors (Lipinski definition) is 2. The van der Waals surface area contributed by atoms with Crippen LogP contribution in [0.2, 0.25) is 0 Å². The van der Waals surface area contributed by atoms with Gasteiger partial charge in [-0.1, -0.05) is 13.3 Å². The Bertz CT molecular complexity index is 215. The van der Waals surface area contributed by atoms with Gasteiger partial charge in [-0.3, -0.25) is 4.79 Å². The van der Waals surface area contributed by atoms with Crippen LogP contribution in [0.5, 0.6) is 0 Å². The van der Waals surface area contributed by atoms with E-state index in [0.29, 0.717) is 0 Å². The van der Waals surface area contributed by atoms with E-state index in [-0.39, 0.29) is 11.4 Å². The Morgan fingerprint density at radius 3 is 2.94 bits per heavy atom.